The smallest absolute Gasteiger partial charge is 0.341 e. The molecule has 0 aliphatic carbocycles. The number of ether oxygens (including phenoxy) is 4. The van der Waals surface area contributed by atoms with Gasteiger partial charge >= 0.3 is 12.0 Å². The number of carbonyl (C=O) groups is 1. The van der Waals surface area contributed by atoms with Gasteiger partial charge in [-0.05, 0) is 46.8 Å². The summed E-state index contributed by atoms with van der Waals surface area (Å²) < 4.78 is 24.4. The second-order valence-electron chi connectivity index (χ2n) is 7.42. The summed E-state index contributed by atoms with van der Waals surface area (Å²) in [6, 6.07) is 15.7. The van der Waals surface area contributed by atoms with Crippen LogP contribution in [0.2, 0.25) is 0 Å². The number of nitrogens with one attached hydrogen (secondary N) is 2. The molecule has 2 aromatic carbocycles. The van der Waals surface area contributed by atoms with E-state index in [4.69, 9.17) is 18.9 Å². The SMILES string of the molecule is COc1ccc(NC(=O)NC2COC3C2OCC3n2nnnc2Oc2ccccc2)cc1. The molecule has 2 amide bonds. The first-order valence-corrected chi connectivity index (χ1v) is 10.2. The normalized spacial score (nSPS) is 24.0. The van der Waals surface area contributed by atoms with E-state index in [-0.39, 0.29) is 36.3 Å². The average Bonchev–Trinajstić information content (AvgIpc) is 3.53. The van der Waals surface area contributed by atoms with E-state index >= 15 is 0 Å². The van der Waals surface area contributed by atoms with E-state index in [0.29, 0.717) is 30.4 Å². The van der Waals surface area contributed by atoms with Gasteiger partial charge in [-0.2, -0.15) is 4.68 Å². The number of tetrazole rings is 1. The zero-order valence-electron chi connectivity index (χ0n) is 17.2. The summed E-state index contributed by atoms with van der Waals surface area (Å²) in [7, 11) is 1.59. The highest BCUT2D eigenvalue weighted by Gasteiger charge is 2.50. The van der Waals surface area contributed by atoms with Crippen molar-refractivity contribution in [1.82, 2.24) is 25.5 Å². The Kier molecular flexibility index (Phi) is 5.57. The molecule has 0 spiro atoms. The van der Waals surface area contributed by atoms with Crippen LogP contribution in [-0.4, -0.2) is 64.8 Å². The molecule has 3 aromatic rings. The predicted molar refractivity (Wildman–Crippen MR) is 112 cm³/mol. The van der Waals surface area contributed by atoms with Crippen molar-refractivity contribution in [3.05, 3.63) is 54.6 Å². The van der Waals surface area contributed by atoms with E-state index < -0.39 is 0 Å². The number of aromatic nitrogens is 4. The Balaban J connectivity index is 1.21. The lowest BCUT2D eigenvalue weighted by atomic mass is 10.1. The quantitative estimate of drug-likeness (QED) is 0.599. The molecule has 11 heteroatoms. The van der Waals surface area contributed by atoms with Crippen molar-refractivity contribution in [3.8, 4) is 17.5 Å². The van der Waals surface area contributed by atoms with Crippen molar-refractivity contribution < 1.29 is 23.7 Å². The first kappa shape index (κ1) is 20.2. The van der Waals surface area contributed by atoms with Crippen molar-refractivity contribution in [2.45, 2.75) is 24.3 Å². The molecular weight excluding hydrogens is 416 g/mol. The summed E-state index contributed by atoms with van der Waals surface area (Å²) in [6.45, 7) is 0.655. The summed E-state index contributed by atoms with van der Waals surface area (Å²) in [4.78, 5) is 12.5. The number of rotatable bonds is 6. The second-order valence-corrected chi connectivity index (χ2v) is 7.42. The lowest BCUT2D eigenvalue weighted by Crippen LogP contribution is -2.45. The van der Waals surface area contributed by atoms with E-state index in [0.717, 1.165) is 0 Å². The molecule has 2 saturated heterocycles. The number of benzene rings is 2. The molecule has 2 fully saturated rings. The van der Waals surface area contributed by atoms with Gasteiger partial charge in [0.25, 0.3) is 0 Å². The highest BCUT2D eigenvalue weighted by atomic mass is 16.6. The van der Waals surface area contributed by atoms with Gasteiger partial charge in [0, 0.05) is 5.69 Å². The van der Waals surface area contributed by atoms with Gasteiger partial charge in [0.05, 0.1) is 26.4 Å². The fourth-order valence-corrected chi connectivity index (χ4v) is 3.88. The summed E-state index contributed by atoms with van der Waals surface area (Å²) in [5.41, 5.74) is 0.653. The van der Waals surface area contributed by atoms with Gasteiger partial charge in [0.15, 0.2) is 0 Å². The van der Waals surface area contributed by atoms with Gasteiger partial charge in [-0.1, -0.05) is 23.3 Å². The Hall–Kier alpha value is -3.70. The van der Waals surface area contributed by atoms with Gasteiger partial charge in [-0.25, -0.2) is 4.79 Å². The van der Waals surface area contributed by atoms with Gasteiger partial charge in [0.1, 0.15) is 29.7 Å². The maximum absolute atomic E-state index is 12.5. The van der Waals surface area contributed by atoms with Crippen LogP contribution >= 0.6 is 0 Å². The average molecular weight is 438 g/mol. The Labute approximate surface area is 183 Å². The summed E-state index contributed by atoms with van der Waals surface area (Å²) in [5, 5.41) is 17.5. The maximum Gasteiger partial charge on any atom is 0.341 e. The van der Waals surface area contributed by atoms with Gasteiger partial charge in [0.2, 0.25) is 0 Å². The van der Waals surface area contributed by atoms with Crippen LogP contribution in [0.3, 0.4) is 0 Å². The number of amides is 2. The van der Waals surface area contributed by atoms with E-state index in [1.54, 1.807) is 36.1 Å². The van der Waals surface area contributed by atoms with Crippen LogP contribution in [0.4, 0.5) is 10.5 Å². The number of methoxy groups -OCH3 is 1. The number of fused-ring (bicyclic) bond motifs is 1. The fraction of sp³-hybridized carbons (Fsp3) is 0.333. The standard InChI is InChI=1S/C21H22N6O5/c1-29-14-9-7-13(8-10-14)22-20(28)23-16-11-30-19-17(12-31-18(16)19)27-21(24-25-26-27)32-15-5-3-2-4-6-15/h2-10,16-19H,11-12H2,1H3,(H2,22,23,28). The van der Waals surface area contributed by atoms with Crippen LogP contribution in [-0.2, 0) is 9.47 Å². The van der Waals surface area contributed by atoms with E-state index in [1.807, 2.05) is 30.3 Å². The first-order valence-electron chi connectivity index (χ1n) is 10.2. The highest BCUT2D eigenvalue weighted by molar-refractivity contribution is 5.89. The molecule has 2 aliphatic heterocycles. The Morgan fingerprint density at radius 1 is 1.03 bits per heavy atom. The lowest BCUT2D eigenvalue weighted by Gasteiger charge is -2.18. The molecule has 2 aliphatic rings. The predicted octanol–water partition coefficient (Wildman–Crippen LogP) is 2.00. The molecule has 4 atom stereocenters. The summed E-state index contributed by atoms with van der Waals surface area (Å²) >= 11 is 0. The summed E-state index contributed by atoms with van der Waals surface area (Å²) in [5.74, 6) is 1.34. The Morgan fingerprint density at radius 2 is 1.81 bits per heavy atom. The van der Waals surface area contributed by atoms with E-state index in [2.05, 4.69) is 26.2 Å². The summed E-state index contributed by atoms with van der Waals surface area (Å²) in [6.07, 6.45) is -0.640. The largest absolute Gasteiger partial charge is 0.497 e. The molecule has 3 heterocycles. The zero-order valence-corrected chi connectivity index (χ0v) is 17.2. The van der Waals surface area contributed by atoms with E-state index in [9.17, 15) is 4.79 Å². The molecule has 0 bridgehead atoms. The number of anilines is 1. The molecule has 11 nitrogen and oxygen atoms in total. The van der Waals surface area contributed by atoms with Gasteiger partial charge in [-0.15, -0.1) is 0 Å². The molecule has 0 saturated carbocycles. The number of para-hydroxylation sites is 1. The minimum Gasteiger partial charge on any atom is -0.497 e. The van der Waals surface area contributed by atoms with Crippen molar-refractivity contribution in [3.63, 3.8) is 0 Å². The van der Waals surface area contributed by atoms with Crippen molar-refractivity contribution in [2.75, 3.05) is 25.6 Å². The number of urea groups is 1. The Morgan fingerprint density at radius 3 is 2.59 bits per heavy atom. The minimum atomic E-state index is -0.341. The van der Waals surface area contributed by atoms with Crippen LogP contribution in [0.25, 0.3) is 0 Å². The fourth-order valence-electron chi connectivity index (χ4n) is 3.88. The number of hydrogen-bond donors (Lipinski definition) is 2. The first-order chi connectivity index (χ1) is 15.7. The van der Waals surface area contributed by atoms with Crippen molar-refractivity contribution in [2.24, 2.45) is 0 Å². The number of nitrogens with zero attached hydrogens (tertiary/aromatic N) is 4. The molecule has 0 radical (unpaired) electrons. The highest BCUT2D eigenvalue weighted by Crippen LogP contribution is 2.36. The van der Waals surface area contributed by atoms with E-state index in [1.165, 1.54) is 0 Å². The topological polar surface area (TPSA) is 122 Å². The van der Waals surface area contributed by atoms with Crippen LogP contribution in [0.1, 0.15) is 6.04 Å². The second kappa shape index (κ2) is 8.81. The molecule has 166 valence electrons. The van der Waals surface area contributed by atoms with Crippen molar-refractivity contribution in [1.29, 1.82) is 0 Å². The molecule has 2 N–H and O–H groups in total. The molecule has 1 aromatic heterocycles. The maximum atomic E-state index is 12.5. The van der Waals surface area contributed by atoms with Crippen LogP contribution < -0.4 is 20.1 Å². The third-order valence-electron chi connectivity index (χ3n) is 5.42. The molecule has 32 heavy (non-hydrogen) atoms. The van der Waals surface area contributed by atoms with Crippen LogP contribution in [0.5, 0.6) is 17.5 Å². The number of carbonyl (C=O) groups excluding carboxylic acids is 1. The third-order valence-corrected chi connectivity index (χ3v) is 5.42. The molecular formula is C21H22N6O5. The molecule has 5 rings (SSSR count). The monoisotopic (exact) mass is 438 g/mol. The van der Waals surface area contributed by atoms with Crippen molar-refractivity contribution >= 4 is 11.7 Å². The van der Waals surface area contributed by atoms with Crippen LogP contribution in [0.15, 0.2) is 54.6 Å². The van der Waals surface area contributed by atoms with Gasteiger partial charge < -0.3 is 29.6 Å². The van der Waals surface area contributed by atoms with Crippen LogP contribution in [0, 0.1) is 0 Å². The molecule has 4 unspecified atom stereocenters. The lowest BCUT2D eigenvalue weighted by molar-refractivity contribution is 0.0613. The third kappa shape index (κ3) is 4.07. The zero-order chi connectivity index (χ0) is 21.9. The minimum absolute atomic E-state index is 0.253. The number of hydrogen-bond acceptors (Lipinski definition) is 8. The van der Waals surface area contributed by atoms with Gasteiger partial charge in [-0.3, -0.25) is 0 Å². The Bertz CT molecular complexity index is 1060.